The van der Waals surface area contributed by atoms with Crippen molar-refractivity contribution in [2.75, 3.05) is 48.8 Å². The highest BCUT2D eigenvalue weighted by molar-refractivity contribution is 7.99. The Bertz CT molecular complexity index is 1470. The molecule has 4 saturated heterocycles. The Kier molecular flexibility index (Phi) is 6.62. The average Bonchev–Trinajstić information content (AvgIpc) is 3.25. The van der Waals surface area contributed by atoms with Crippen molar-refractivity contribution in [1.82, 2.24) is 20.2 Å². The van der Waals surface area contributed by atoms with Crippen molar-refractivity contribution < 1.29 is 22.7 Å². The first-order valence-corrected chi connectivity index (χ1v) is 15.1. The van der Waals surface area contributed by atoms with Crippen molar-refractivity contribution in [3.05, 3.63) is 45.9 Å². The zero-order valence-corrected chi connectivity index (χ0v) is 23.4. The number of hydrogen-bond acceptors (Lipinski definition) is 9. The van der Waals surface area contributed by atoms with Crippen LogP contribution in [0.15, 0.2) is 35.4 Å². The molecule has 0 aliphatic carbocycles. The van der Waals surface area contributed by atoms with E-state index in [2.05, 4.69) is 25.5 Å². The lowest BCUT2D eigenvalue weighted by atomic mass is 9.91. The molecule has 8 rings (SSSR count). The summed E-state index contributed by atoms with van der Waals surface area (Å²) < 4.78 is 47.4. The summed E-state index contributed by atoms with van der Waals surface area (Å²) in [5.41, 5.74) is 0.241. The number of piperazine rings is 1. The average molecular weight is 609 g/mol. The molecule has 2 atom stereocenters. The highest BCUT2D eigenvalue weighted by atomic mass is 35.5. The third-order valence-electron chi connectivity index (χ3n) is 7.62. The van der Waals surface area contributed by atoms with Gasteiger partial charge in [0.1, 0.15) is 10.4 Å². The minimum Gasteiger partial charge on any atom is -0.377 e. The standard InChI is InChI=1S/C26H24ClF3N6O2S2/c27-18-6-15(35-9-13-5-14(10-35)32-13)1-2-19(18)33-25-31-8-17(26(28,29)30)22(34-25)20-7-21-23(40-20)24(37)36(3-4-39-21)16-11-38-12-16/h1-2,6-8,13-14,16,32H,3-5,9-12H2,(H,31,33,34). The quantitative estimate of drug-likeness (QED) is 0.413. The Morgan fingerprint density at radius 2 is 1.95 bits per heavy atom. The first-order chi connectivity index (χ1) is 19.2. The van der Waals surface area contributed by atoms with E-state index in [0.29, 0.717) is 58.1 Å². The van der Waals surface area contributed by atoms with Crippen LogP contribution in [0.3, 0.4) is 0 Å². The largest absolute Gasteiger partial charge is 0.420 e. The number of alkyl halides is 3. The van der Waals surface area contributed by atoms with Crippen molar-refractivity contribution in [3.8, 4) is 10.6 Å². The number of carbonyl (C=O) groups excluding carboxylic acids is 1. The molecule has 210 valence electrons. The molecule has 2 bridgehead atoms. The lowest BCUT2D eigenvalue weighted by Gasteiger charge is -2.49. The number of carbonyl (C=O) groups is 1. The maximum Gasteiger partial charge on any atom is 0.420 e. The van der Waals surface area contributed by atoms with E-state index in [1.54, 1.807) is 17.0 Å². The summed E-state index contributed by atoms with van der Waals surface area (Å²) in [5.74, 6) is 0.453. The van der Waals surface area contributed by atoms with Gasteiger partial charge < -0.3 is 25.2 Å². The van der Waals surface area contributed by atoms with E-state index in [1.165, 1.54) is 18.2 Å². The second-order valence-electron chi connectivity index (χ2n) is 10.3. The van der Waals surface area contributed by atoms with Gasteiger partial charge in [-0.15, -0.1) is 23.1 Å². The van der Waals surface area contributed by atoms with E-state index in [-0.39, 0.29) is 28.5 Å². The van der Waals surface area contributed by atoms with Crippen LogP contribution >= 0.6 is 34.7 Å². The van der Waals surface area contributed by atoms with Crippen molar-refractivity contribution in [1.29, 1.82) is 0 Å². The molecule has 5 aliphatic heterocycles. The predicted molar refractivity (Wildman–Crippen MR) is 149 cm³/mol. The minimum absolute atomic E-state index is 0.00130. The number of hydrogen-bond donors (Lipinski definition) is 2. The fourth-order valence-corrected chi connectivity index (χ4v) is 8.01. The normalized spacial score (nSPS) is 22.9. The summed E-state index contributed by atoms with van der Waals surface area (Å²) in [7, 11) is 0. The van der Waals surface area contributed by atoms with Gasteiger partial charge in [0.25, 0.3) is 5.91 Å². The number of ether oxygens (including phenoxy) is 1. The first-order valence-electron chi connectivity index (χ1n) is 12.9. The van der Waals surface area contributed by atoms with Crippen LogP contribution in [0.5, 0.6) is 0 Å². The number of thioether (sulfide) groups is 1. The Morgan fingerprint density at radius 1 is 1.18 bits per heavy atom. The zero-order chi connectivity index (χ0) is 27.6. The Hall–Kier alpha value is -2.58. The van der Waals surface area contributed by atoms with Crippen LogP contribution in [0.25, 0.3) is 10.6 Å². The van der Waals surface area contributed by atoms with Gasteiger partial charge in [-0.05, 0) is 30.7 Å². The van der Waals surface area contributed by atoms with Crippen molar-refractivity contribution >= 4 is 57.9 Å². The molecule has 14 heteroatoms. The fourth-order valence-electron chi connectivity index (χ4n) is 5.47. The Labute approximate surface area is 241 Å². The predicted octanol–water partition coefficient (Wildman–Crippen LogP) is 5.12. The SMILES string of the molecule is O=C1c2sc(-c3nc(Nc4ccc(N5CC6CC(C5)N6)cc4Cl)ncc3C(F)(F)F)cc2SCCN1C1COC1. The van der Waals surface area contributed by atoms with Gasteiger partial charge in [0, 0.05) is 54.3 Å². The number of nitrogens with one attached hydrogen (secondary N) is 2. The molecular formula is C26H24ClF3N6O2S2. The summed E-state index contributed by atoms with van der Waals surface area (Å²) in [6.45, 7) is 3.33. The Morgan fingerprint density at radius 3 is 2.62 bits per heavy atom. The molecule has 1 amide bonds. The topological polar surface area (TPSA) is 82.6 Å². The number of rotatable bonds is 5. The van der Waals surface area contributed by atoms with E-state index in [9.17, 15) is 18.0 Å². The summed E-state index contributed by atoms with van der Waals surface area (Å²) in [6.07, 6.45) is -2.71. The van der Waals surface area contributed by atoms with Crippen LogP contribution in [-0.4, -0.2) is 77.5 Å². The van der Waals surface area contributed by atoms with Crippen LogP contribution in [0.4, 0.5) is 30.5 Å². The van der Waals surface area contributed by atoms with Crippen LogP contribution in [0.1, 0.15) is 21.7 Å². The maximum absolute atomic E-state index is 14.0. The van der Waals surface area contributed by atoms with E-state index in [0.717, 1.165) is 36.3 Å². The smallest absolute Gasteiger partial charge is 0.377 e. The van der Waals surface area contributed by atoms with E-state index in [1.807, 2.05) is 12.1 Å². The zero-order valence-electron chi connectivity index (χ0n) is 21.0. The summed E-state index contributed by atoms with van der Waals surface area (Å²) in [4.78, 5) is 26.9. The number of thiophene rings is 1. The fraction of sp³-hybridized carbons (Fsp3) is 0.423. The molecule has 40 heavy (non-hydrogen) atoms. The minimum atomic E-state index is -4.68. The molecule has 4 fully saturated rings. The highest BCUT2D eigenvalue weighted by Gasteiger charge is 2.39. The molecule has 3 aromatic rings. The molecule has 8 nitrogen and oxygen atoms in total. The van der Waals surface area contributed by atoms with Crippen LogP contribution in [0.2, 0.25) is 5.02 Å². The lowest BCUT2D eigenvalue weighted by Crippen LogP contribution is -2.67. The van der Waals surface area contributed by atoms with Gasteiger partial charge in [-0.25, -0.2) is 9.97 Å². The first kappa shape index (κ1) is 26.3. The van der Waals surface area contributed by atoms with Gasteiger partial charge in [-0.1, -0.05) is 11.6 Å². The van der Waals surface area contributed by atoms with Crippen LogP contribution in [-0.2, 0) is 10.9 Å². The molecule has 2 unspecified atom stereocenters. The maximum atomic E-state index is 14.0. The number of anilines is 3. The molecule has 0 radical (unpaired) electrons. The van der Waals surface area contributed by atoms with Gasteiger partial charge in [0.05, 0.1) is 40.5 Å². The van der Waals surface area contributed by atoms with E-state index in [4.69, 9.17) is 16.3 Å². The second-order valence-corrected chi connectivity index (χ2v) is 12.9. The summed E-state index contributed by atoms with van der Waals surface area (Å²) in [5, 5.41) is 6.90. The van der Waals surface area contributed by atoms with Crippen LogP contribution in [0, 0.1) is 0 Å². The number of benzene rings is 1. The number of piperidine rings is 1. The molecule has 1 aromatic carbocycles. The molecule has 7 heterocycles. The van der Waals surface area contributed by atoms with Crippen molar-refractivity contribution in [3.63, 3.8) is 0 Å². The van der Waals surface area contributed by atoms with Gasteiger partial charge >= 0.3 is 6.18 Å². The van der Waals surface area contributed by atoms with Crippen LogP contribution < -0.4 is 15.5 Å². The van der Waals surface area contributed by atoms with E-state index >= 15 is 0 Å². The number of fused-ring (bicyclic) bond motifs is 3. The molecule has 2 aromatic heterocycles. The number of amides is 1. The van der Waals surface area contributed by atoms with Gasteiger partial charge in [0.2, 0.25) is 5.95 Å². The molecular weight excluding hydrogens is 585 g/mol. The summed E-state index contributed by atoms with van der Waals surface area (Å²) in [6, 6.07) is 8.17. The molecule has 5 aliphatic rings. The monoisotopic (exact) mass is 608 g/mol. The number of nitrogens with zero attached hydrogens (tertiary/aromatic N) is 4. The second kappa shape index (κ2) is 10.1. The summed E-state index contributed by atoms with van der Waals surface area (Å²) >= 11 is 9.06. The van der Waals surface area contributed by atoms with E-state index < -0.39 is 11.7 Å². The van der Waals surface area contributed by atoms with Crippen molar-refractivity contribution in [2.45, 2.75) is 35.6 Å². The van der Waals surface area contributed by atoms with Crippen molar-refractivity contribution in [2.24, 2.45) is 0 Å². The third kappa shape index (κ3) is 4.81. The third-order valence-corrected chi connectivity index (χ3v) is 10.2. The number of aromatic nitrogens is 2. The van der Waals surface area contributed by atoms with Gasteiger partial charge in [-0.2, -0.15) is 13.2 Å². The Balaban J connectivity index is 1.18. The lowest BCUT2D eigenvalue weighted by molar-refractivity contribution is -0.137. The molecule has 0 spiro atoms. The van der Waals surface area contributed by atoms with Gasteiger partial charge in [0.15, 0.2) is 0 Å². The van der Waals surface area contributed by atoms with Gasteiger partial charge in [-0.3, -0.25) is 4.79 Å². The molecule has 2 N–H and O–H groups in total. The highest BCUT2D eigenvalue weighted by Crippen LogP contribution is 2.44. The number of halogens is 4. The molecule has 0 saturated carbocycles.